The largest absolute Gasteiger partial charge is 0.370 e. The van der Waals surface area contributed by atoms with E-state index in [1.807, 2.05) is 20.8 Å². The third-order valence-corrected chi connectivity index (χ3v) is 1.20. The number of aldehydes is 1. The van der Waals surface area contributed by atoms with Crippen molar-refractivity contribution in [1.82, 2.24) is 5.32 Å². The van der Waals surface area contributed by atoms with Gasteiger partial charge < -0.3 is 15.8 Å². The predicted molar refractivity (Wildman–Crippen MR) is 46.6 cm³/mol. The highest BCUT2D eigenvalue weighted by Crippen LogP contribution is 2.01. The molecule has 70 valence electrons. The van der Waals surface area contributed by atoms with Crippen molar-refractivity contribution in [3.8, 4) is 0 Å². The molecule has 0 rings (SSSR count). The van der Waals surface area contributed by atoms with E-state index in [1.165, 1.54) is 0 Å². The van der Waals surface area contributed by atoms with Gasteiger partial charge in [-0.3, -0.25) is 4.79 Å². The molecule has 0 heterocycles. The summed E-state index contributed by atoms with van der Waals surface area (Å²) in [5.74, 6) is -0.469. The number of nitrogens with two attached hydrogens (primary N) is 1. The Kier molecular flexibility index (Phi) is 3.89. The molecule has 0 aliphatic heterocycles. The lowest BCUT2D eigenvalue weighted by Crippen LogP contribution is -2.46. The molecule has 4 heteroatoms. The number of primary amides is 1. The van der Waals surface area contributed by atoms with Crippen molar-refractivity contribution in [3.63, 3.8) is 0 Å². The third kappa shape index (κ3) is 5.85. The molecule has 0 aromatic rings. The fraction of sp³-hybridized carbons (Fsp3) is 0.750. The number of carbonyl (C=O) groups excluding carboxylic acids is 2. The zero-order valence-electron chi connectivity index (χ0n) is 7.76. The van der Waals surface area contributed by atoms with Gasteiger partial charge in [-0.25, -0.2) is 0 Å². The predicted octanol–water partition coefficient (Wildman–Crippen LogP) is -0.183. The molecule has 0 saturated carbocycles. The molecule has 0 unspecified atom stereocenters. The third-order valence-electron chi connectivity index (χ3n) is 1.20. The summed E-state index contributed by atoms with van der Waals surface area (Å²) in [6.07, 6.45) is 0.761. The number of hydrogen-bond acceptors (Lipinski definition) is 3. The van der Waals surface area contributed by atoms with Crippen molar-refractivity contribution in [3.05, 3.63) is 0 Å². The smallest absolute Gasteiger partial charge is 0.219 e. The number of carbonyl (C=O) groups is 2. The molecule has 3 N–H and O–H groups in total. The molecular weight excluding hydrogens is 156 g/mol. The van der Waals surface area contributed by atoms with Crippen LogP contribution in [0.25, 0.3) is 0 Å². The Hall–Kier alpha value is -0.900. The standard InChI is InChI=1S/C8H16N2O2/c1-8(2,3)10-6(5-11)4-7(9)12/h5-6,10H,4H2,1-3H3,(H2,9,12)/t6-/m1/s1. The van der Waals surface area contributed by atoms with Crippen molar-refractivity contribution in [2.75, 3.05) is 0 Å². The highest BCUT2D eigenvalue weighted by molar-refractivity contribution is 5.78. The van der Waals surface area contributed by atoms with Gasteiger partial charge in [0, 0.05) is 12.0 Å². The molecule has 0 radical (unpaired) electrons. The van der Waals surface area contributed by atoms with Crippen LogP contribution in [0.4, 0.5) is 0 Å². The van der Waals surface area contributed by atoms with E-state index in [0.29, 0.717) is 6.29 Å². The lowest BCUT2D eigenvalue weighted by molar-refractivity contribution is -0.121. The summed E-state index contributed by atoms with van der Waals surface area (Å²) in [7, 11) is 0. The van der Waals surface area contributed by atoms with Crippen LogP contribution in [0.1, 0.15) is 27.2 Å². The Balaban J connectivity index is 4.00. The molecule has 0 aromatic carbocycles. The second kappa shape index (κ2) is 4.21. The maximum absolute atomic E-state index is 10.5. The molecule has 0 aromatic heterocycles. The molecule has 0 aliphatic carbocycles. The van der Waals surface area contributed by atoms with Gasteiger partial charge in [-0.05, 0) is 20.8 Å². The molecule has 12 heavy (non-hydrogen) atoms. The summed E-state index contributed by atoms with van der Waals surface area (Å²) >= 11 is 0. The van der Waals surface area contributed by atoms with Gasteiger partial charge in [-0.2, -0.15) is 0 Å². The second-order valence-electron chi connectivity index (χ2n) is 3.81. The number of rotatable bonds is 4. The molecule has 4 nitrogen and oxygen atoms in total. The van der Waals surface area contributed by atoms with Gasteiger partial charge in [0.1, 0.15) is 6.29 Å². The molecular formula is C8H16N2O2. The fourth-order valence-electron chi connectivity index (χ4n) is 0.906. The van der Waals surface area contributed by atoms with E-state index < -0.39 is 11.9 Å². The summed E-state index contributed by atoms with van der Waals surface area (Å²) in [5.41, 5.74) is 4.77. The van der Waals surface area contributed by atoms with Crippen LogP contribution in [-0.2, 0) is 9.59 Å². The zero-order valence-corrected chi connectivity index (χ0v) is 7.76. The van der Waals surface area contributed by atoms with Crippen molar-refractivity contribution < 1.29 is 9.59 Å². The van der Waals surface area contributed by atoms with E-state index in [0.717, 1.165) is 0 Å². The van der Waals surface area contributed by atoms with Crippen LogP contribution in [0.15, 0.2) is 0 Å². The maximum Gasteiger partial charge on any atom is 0.219 e. The first-order valence-corrected chi connectivity index (χ1v) is 3.86. The van der Waals surface area contributed by atoms with E-state index >= 15 is 0 Å². The topological polar surface area (TPSA) is 72.2 Å². The molecule has 1 amide bonds. The van der Waals surface area contributed by atoms with E-state index in [4.69, 9.17) is 5.73 Å². The van der Waals surface area contributed by atoms with Gasteiger partial charge in [0.05, 0.1) is 6.04 Å². The Morgan fingerprint density at radius 3 is 2.33 bits per heavy atom. The Morgan fingerprint density at radius 2 is 2.08 bits per heavy atom. The normalized spacial score (nSPS) is 13.9. The number of hydrogen-bond donors (Lipinski definition) is 2. The molecule has 0 fully saturated rings. The van der Waals surface area contributed by atoms with Gasteiger partial charge in [-0.15, -0.1) is 0 Å². The summed E-state index contributed by atoms with van der Waals surface area (Å²) in [6.45, 7) is 5.76. The van der Waals surface area contributed by atoms with E-state index in [-0.39, 0.29) is 12.0 Å². The van der Waals surface area contributed by atoms with Gasteiger partial charge >= 0.3 is 0 Å². The summed E-state index contributed by atoms with van der Waals surface area (Å²) < 4.78 is 0. The van der Waals surface area contributed by atoms with Crippen LogP contribution in [0.2, 0.25) is 0 Å². The maximum atomic E-state index is 10.5. The Bertz CT molecular complexity index is 172. The quantitative estimate of drug-likeness (QED) is 0.578. The minimum atomic E-state index is -0.470. The monoisotopic (exact) mass is 172 g/mol. The second-order valence-corrected chi connectivity index (χ2v) is 3.81. The van der Waals surface area contributed by atoms with E-state index in [9.17, 15) is 9.59 Å². The Labute approximate surface area is 72.5 Å². The van der Waals surface area contributed by atoms with Crippen LogP contribution in [0.5, 0.6) is 0 Å². The molecule has 1 atom stereocenters. The molecule has 0 aliphatic rings. The van der Waals surface area contributed by atoms with Gasteiger partial charge in [0.2, 0.25) is 5.91 Å². The SMILES string of the molecule is CC(C)(C)N[C@@H](C=O)CC(N)=O. The minimum absolute atomic E-state index is 0.0563. The molecule has 0 saturated heterocycles. The number of amides is 1. The fourth-order valence-corrected chi connectivity index (χ4v) is 0.906. The van der Waals surface area contributed by atoms with Gasteiger partial charge in [0.15, 0.2) is 0 Å². The van der Waals surface area contributed by atoms with Crippen molar-refractivity contribution >= 4 is 12.2 Å². The minimum Gasteiger partial charge on any atom is -0.370 e. The first kappa shape index (κ1) is 11.1. The first-order valence-electron chi connectivity index (χ1n) is 3.86. The Morgan fingerprint density at radius 1 is 1.58 bits per heavy atom. The molecule has 0 bridgehead atoms. The first-order chi connectivity index (χ1) is 5.35. The van der Waals surface area contributed by atoms with Crippen LogP contribution in [-0.4, -0.2) is 23.8 Å². The van der Waals surface area contributed by atoms with Crippen molar-refractivity contribution in [1.29, 1.82) is 0 Å². The lowest BCUT2D eigenvalue weighted by atomic mass is 10.1. The number of nitrogens with one attached hydrogen (secondary N) is 1. The van der Waals surface area contributed by atoms with E-state index in [2.05, 4.69) is 5.32 Å². The average molecular weight is 172 g/mol. The van der Waals surface area contributed by atoms with Crippen molar-refractivity contribution in [2.24, 2.45) is 5.73 Å². The van der Waals surface area contributed by atoms with Crippen molar-refractivity contribution in [2.45, 2.75) is 38.8 Å². The van der Waals surface area contributed by atoms with Crippen LogP contribution in [0.3, 0.4) is 0 Å². The van der Waals surface area contributed by atoms with Gasteiger partial charge in [-0.1, -0.05) is 0 Å². The average Bonchev–Trinajstić information content (AvgIpc) is 1.82. The summed E-state index contributed by atoms with van der Waals surface area (Å²) in [4.78, 5) is 20.9. The summed E-state index contributed by atoms with van der Waals surface area (Å²) in [5, 5.41) is 2.97. The van der Waals surface area contributed by atoms with Crippen LogP contribution >= 0.6 is 0 Å². The summed E-state index contributed by atoms with van der Waals surface area (Å²) in [6, 6.07) is -0.470. The van der Waals surface area contributed by atoms with E-state index in [1.54, 1.807) is 0 Å². The van der Waals surface area contributed by atoms with Gasteiger partial charge in [0.25, 0.3) is 0 Å². The highest BCUT2D eigenvalue weighted by atomic mass is 16.1. The highest BCUT2D eigenvalue weighted by Gasteiger charge is 2.17. The lowest BCUT2D eigenvalue weighted by Gasteiger charge is -2.24. The van der Waals surface area contributed by atoms with Crippen LogP contribution < -0.4 is 11.1 Å². The van der Waals surface area contributed by atoms with Crippen LogP contribution in [0, 0.1) is 0 Å². The molecule has 0 spiro atoms. The zero-order chi connectivity index (χ0) is 9.78.